The summed E-state index contributed by atoms with van der Waals surface area (Å²) < 4.78 is 7.80. The van der Waals surface area contributed by atoms with Crippen LogP contribution in [0.5, 0.6) is 0 Å². The molecule has 2 bridgehead atoms. The Bertz CT molecular complexity index is 1390. The number of nitriles is 1. The highest BCUT2D eigenvalue weighted by Crippen LogP contribution is 2.37. The van der Waals surface area contributed by atoms with E-state index in [2.05, 4.69) is 16.0 Å². The number of benzene rings is 1. The Balaban J connectivity index is 1.56. The molecule has 2 atom stereocenters. The molecule has 0 aliphatic carbocycles. The van der Waals surface area contributed by atoms with Crippen molar-refractivity contribution in [3.8, 4) is 28.5 Å². The number of rotatable bonds is 3. The minimum absolute atomic E-state index is 0.275. The van der Waals surface area contributed by atoms with Crippen molar-refractivity contribution in [1.82, 2.24) is 19.6 Å². The van der Waals surface area contributed by atoms with Crippen LogP contribution in [0.2, 0.25) is 5.15 Å². The molecule has 0 radical (unpaired) electrons. The van der Waals surface area contributed by atoms with Crippen molar-refractivity contribution in [2.45, 2.75) is 32.0 Å². The summed E-state index contributed by atoms with van der Waals surface area (Å²) in [6.45, 7) is 3.61. The summed E-state index contributed by atoms with van der Waals surface area (Å²) in [6, 6.07) is 15.5. The molecule has 0 amide bonds. The second kappa shape index (κ2) is 7.84. The third-order valence-electron chi connectivity index (χ3n) is 6.31. The zero-order valence-electron chi connectivity index (χ0n) is 18.1. The summed E-state index contributed by atoms with van der Waals surface area (Å²) in [5.74, 6) is 0.915. The Morgan fingerprint density at radius 1 is 1.06 bits per heavy atom. The third kappa shape index (κ3) is 3.62. The molecule has 3 aromatic heterocycles. The number of hydrogen-bond acceptors (Lipinski definition) is 6. The lowest BCUT2D eigenvalue weighted by molar-refractivity contribution is 0.0302. The van der Waals surface area contributed by atoms with E-state index in [1.165, 1.54) is 0 Å². The first-order chi connectivity index (χ1) is 16.1. The summed E-state index contributed by atoms with van der Waals surface area (Å²) in [5, 5.41) is 14.7. The van der Waals surface area contributed by atoms with Gasteiger partial charge >= 0.3 is 0 Å². The monoisotopic (exact) mass is 456 g/mol. The molecule has 2 fully saturated rings. The van der Waals surface area contributed by atoms with Gasteiger partial charge in [0.1, 0.15) is 16.7 Å². The molecule has 2 unspecified atom stereocenters. The van der Waals surface area contributed by atoms with Gasteiger partial charge in [-0.25, -0.2) is 14.5 Å². The normalized spacial score (nSPS) is 19.7. The average Bonchev–Trinajstić information content (AvgIpc) is 3.37. The van der Waals surface area contributed by atoms with E-state index in [1.54, 1.807) is 10.6 Å². The molecular weight excluding hydrogens is 436 g/mol. The lowest BCUT2D eigenvalue weighted by Gasteiger charge is -2.32. The number of pyridine rings is 1. The molecule has 0 saturated carbocycles. The van der Waals surface area contributed by atoms with E-state index in [4.69, 9.17) is 26.4 Å². The van der Waals surface area contributed by atoms with Crippen LogP contribution in [0.3, 0.4) is 0 Å². The topological polar surface area (TPSA) is 79.3 Å². The smallest absolute Gasteiger partial charge is 0.165 e. The lowest BCUT2D eigenvalue weighted by atomic mass is 10.00. The maximum absolute atomic E-state index is 9.41. The summed E-state index contributed by atoms with van der Waals surface area (Å²) in [4.78, 5) is 11.7. The van der Waals surface area contributed by atoms with Crippen molar-refractivity contribution in [3.63, 3.8) is 0 Å². The first kappa shape index (κ1) is 20.2. The van der Waals surface area contributed by atoms with Gasteiger partial charge in [0.05, 0.1) is 29.4 Å². The van der Waals surface area contributed by atoms with Crippen LogP contribution in [0.1, 0.15) is 24.1 Å². The van der Waals surface area contributed by atoms with Gasteiger partial charge in [0, 0.05) is 30.5 Å². The van der Waals surface area contributed by atoms with Gasteiger partial charge in [-0.2, -0.15) is 10.4 Å². The largest absolute Gasteiger partial charge is 0.371 e. The average molecular weight is 457 g/mol. The van der Waals surface area contributed by atoms with Crippen molar-refractivity contribution in [1.29, 1.82) is 5.26 Å². The molecule has 2 aliphatic heterocycles. The molecule has 5 heterocycles. The van der Waals surface area contributed by atoms with Gasteiger partial charge in [-0.3, -0.25) is 0 Å². The predicted molar refractivity (Wildman–Crippen MR) is 126 cm³/mol. The van der Waals surface area contributed by atoms with Crippen LogP contribution in [0, 0.1) is 18.3 Å². The number of halogens is 1. The van der Waals surface area contributed by atoms with Gasteiger partial charge in [-0.15, -0.1) is 0 Å². The second-order valence-corrected chi connectivity index (χ2v) is 9.04. The highest BCUT2D eigenvalue weighted by molar-refractivity contribution is 6.29. The number of aryl methyl sites for hydroxylation is 1. The summed E-state index contributed by atoms with van der Waals surface area (Å²) in [6.07, 6.45) is 4.71. The predicted octanol–water partition coefficient (Wildman–Crippen LogP) is 4.66. The van der Waals surface area contributed by atoms with Crippen LogP contribution in [0.15, 0.2) is 48.7 Å². The van der Waals surface area contributed by atoms with Crippen molar-refractivity contribution < 1.29 is 4.74 Å². The van der Waals surface area contributed by atoms with Crippen LogP contribution in [0.25, 0.3) is 28.0 Å². The van der Waals surface area contributed by atoms with E-state index in [9.17, 15) is 5.26 Å². The summed E-state index contributed by atoms with van der Waals surface area (Å²) in [7, 11) is 0. The second-order valence-electron chi connectivity index (χ2n) is 8.65. The van der Waals surface area contributed by atoms with E-state index >= 15 is 0 Å². The van der Waals surface area contributed by atoms with Crippen LogP contribution in [0.4, 0.5) is 5.82 Å². The van der Waals surface area contributed by atoms with Gasteiger partial charge in [0.15, 0.2) is 5.65 Å². The molecule has 1 aromatic carbocycles. The fraction of sp³-hybridized carbons (Fsp3) is 0.280. The van der Waals surface area contributed by atoms with Gasteiger partial charge in [-0.05, 0) is 55.7 Å². The van der Waals surface area contributed by atoms with E-state index < -0.39 is 0 Å². The highest BCUT2D eigenvalue weighted by Gasteiger charge is 2.34. The Morgan fingerprint density at radius 2 is 1.88 bits per heavy atom. The van der Waals surface area contributed by atoms with Crippen LogP contribution < -0.4 is 4.90 Å². The molecule has 4 aromatic rings. The number of anilines is 1. The number of aromatic nitrogens is 4. The van der Waals surface area contributed by atoms with Crippen LogP contribution in [-0.4, -0.2) is 44.9 Å². The Labute approximate surface area is 196 Å². The summed E-state index contributed by atoms with van der Waals surface area (Å²) in [5.41, 5.74) is 5.51. The summed E-state index contributed by atoms with van der Waals surface area (Å²) >= 11 is 6.33. The zero-order chi connectivity index (χ0) is 22.5. The molecule has 164 valence electrons. The van der Waals surface area contributed by atoms with Crippen molar-refractivity contribution in [3.05, 3.63) is 65.1 Å². The molecule has 33 heavy (non-hydrogen) atoms. The fourth-order valence-electron chi connectivity index (χ4n) is 4.87. The Morgan fingerprint density at radius 3 is 2.64 bits per heavy atom. The highest BCUT2D eigenvalue weighted by atomic mass is 35.5. The molecule has 2 aliphatic rings. The maximum atomic E-state index is 9.41. The van der Waals surface area contributed by atoms with Crippen molar-refractivity contribution >= 4 is 23.1 Å². The molecule has 7 nitrogen and oxygen atoms in total. The maximum Gasteiger partial charge on any atom is 0.165 e. The third-order valence-corrected chi connectivity index (χ3v) is 6.51. The molecule has 0 N–H and O–H groups in total. The number of fused-ring (bicyclic) bond motifs is 3. The van der Waals surface area contributed by atoms with Gasteiger partial charge in [0.25, 0.3) is 0 Å². The number of morpholine rings is 1. The zero-order valence-corrected chi connectivity index (χ0v) is 18.8. The van der Waals surface area contributed by atoms with Crippen molar-refractivity contribution in [2.75, 3.05) is 18.0 Å². The van der Waals surface area contributed by atoms with Gasteiger partial charge < -0.3 is 9.64 Å². The fourth-order valence-corrected chi connectivity index (χ4v) is 5.12. The number of ether oxygens (including phenoxy) is 1. The minimum atomic E-state index is 0.275. The SMILES string of the molecule is Cc1cc(-c2c(-c3cccc(C#N)c3)nn3ccc(N4CC5CCC(C4)O5)nc23)cc(Cl)n1. The van der Waals surface area contributed by atoms with E-state index in [-0.39, 0.29) is 12.2 Å². The van der Waals surface area contributed by atoms with Gasteiger partial charge in [-0.1, -0.05) is 23.7 Å². The Hall–Kier alpha value is -3.47. The first-order valence-electron chi connectivity index (χ1n) is 11.0. The van der Waals surface area contributed by atoms with Crippen molar-refractivity contribution in [2.24, 2.45) is 0 Å². The molecule has 2 saturated heterocycles. The Kier molecular flexibility index (Phi) is 4.79. The molecular formula is C25H21ClN6O. The molecule has 6 rings (SSSR count). The molecule has 8 heteroatoms. The van der Waals surface area contributed by atoms with E-state index in [0.29, 0.717) is 10.7 Å². The minimum Gasteiger partial charge on any atom is -0.371 e. The number of nitrogens with zero attached hydrogens (tertiary/aromatic N) is 6. The lowest BCUT2D eigenvalue weighted by Crippen LogP contribution is -2.43. The standard InChI is InChI=1S/C25H21ClN6O/c1-15-9-18(11-21(26)28-15)23-24(17-4-2-3-16(10-17)12-27)30-32-8-7-22(29-25(23)32)31-13-19-5-6-20(14-31)33-19/h2-4,7-11,19-20H,5-6,13-14H2,1H3. The number of hydrogen-bond donors (Lipinski definition) is 0. The van der Waals surface area contributed by atoms with E-state index in [1.807, 2.05) is 49.5 Å². The van der Waals surface area contributed by atoms with E-state index in [0.717, 1.165) is 65.5 Å². The first-order valence-corrected chi connectivity index (χ1v) is 11.4. The van der Waals surface area contributed by atoms with Crippen LogP contribution in [-0.2, 0) is 4.74 Å². The van der Waals surface area contributed by atoms with Crippen LogP contribution >= 0.6 is 11.6 Å². The quantitative estimate of drug-likeness (QED) is 0.417. The molecule has 0 spiro atoms. The van der Waals surface area contributed by atoms with Gasteiger partial charge in [0.2, 0.25) is 0 Å².